The molecule has 0 bridgehead atoms. The van der Waals surface area contributed by atoms with Crippen molar-refractivity contribution in [1.29, 1.82) is 0 Å². The molecule has 0 aliphatic carbocycles. The minimum atomic E-state index is -4.92. The Morgan fingerprint density at radius 1 is 1.09 bits per heavy atom. The fourth-order valence-electron chi connectivity index (χ4n) is 4.85. The van der Waals surface area contributed by atoms with E-state index in [1.54, 1.807) is 9.80 Å². The topological polar surface area (TPSA) is 108 Å². The van der Waals surface area contributed by atoms with Gasteiger partial charge in [0.05, 0.1) is 17.0 Å². The van der Waals surface area contributed by atoms with E-state index in [0.717, 1.165) is 12.1 Å². The van der Waals surface area contributed by atoms with Crippen molar-refractivity contribution >= 4 is 22.0 Å². The quantitative estimate of drug-likeness (QED) is 0.649. The van der Waals surface area contributed by atoms with Crippen molar-refractivity contribution in [2.24, 2.45) is 5.41 Å². The third kappa shape index (κ3) is 3.99. The molecule has 5 rings (SSSR count). The summed E-state index contributed by atoms with van der Waals surface area (Å²) in [7, 11) is -3.98. The van der Waals surface area contributed by atoms with Gasteiger partial charge in [0.25, 0.3) is 0 Å². The lowest BCUT2D eigenvalue weighted by molar-refractivity contribution is -0.274. The van der Waals surface area contributed by atoms with Crippen LogP contribution < -0.4 is 10.1 Å². The van der Waals surface area contributed by atoms with Gasteiger partial charge >= 0.3 is 12.4 Å². The molecule has 4 heterocycles. The smallest absolute Gasteiger partial charge is 0.406 e. The normalized spacial score (nSPS) is 24.0. The fraction of sp³-hybridized carbons (Fsp3) is 0.579. The second-order valence-corrected chi connectivity index (χ2v) is 11.0. The third-order valence-electron chi connectivity index (χ3n) is 6.30. The predicted molar refractivity (Wildman–Crippen MR) is 105 cm³/mol. The largest absolute Gasteiger partial charge is 0.573 e. The molecular formula is C19H21F3N4O6S. The molecule has 1 N–H and O–H groups in total. The number of carbonyl (C=O) groups is 2. The minimum absolute atomic E-state index is 0.0173. The minimum Gasteiger partial charge on any atom is -0.406 e. The van der Waals surface area contributed by atoms with Gasteiger partial charge in [0.15, 0.2) is 0 Å². The van der Waals surface area contributed by atoms with E-state index in [-0.39, 0.29) is 41.9 Å². The van der Waals surface area contributed by atoms with Gasteiger partial charge in [-0.25, -0.2) is 13.2 Å². The Labute approximate surface area is 187 Å². The molecule has 4 fully saturated rings. The van der Waals surface area contributed by atoms with Crippen LogP contribution in [0.5, 0.6) is 5.75 Å². The lowest BCUT2D eigenvalue weighted by Gasteiger charge is -2.61. The summed E-state index contributed by atoms with van der Waals surface area (Å²) >= 11 is 0. The number of halogens is 3. The zero-order valence-corrected chi connectivity index (χ0v) is 18.1. The van der Waals surface area contributed by atoms with Crippen molar-refractivity contribution in [2.45, 2.75) is 16.8 Å². The van der Waals surface area contributed by atoms with Crippen molar-refractivity contribution in [2.75, 3.05) is 52.5 Å². The second-order valence-electron chi connectivity index (χ2n) is 9.11. The number of hydrogen-bond acceptors (Lipinski definition) is 6. The van der Waals surface area contributed by atoms with Gasteiger partial charge in [0.1, 0.15) is 12.4 Å². The Hall–Kier alpha value is -2.58. The molecule has 33 heavy (non-hydrogen) atoms. The molecule has 2 spiro atoms. The molecular weight excluding hydrogens is 469 g/mol. The van der Waals surface area contributed by atoms with Crippen LogP contribution in [0.25, 0.3) is 0 Å². The monoisotopic (exact) mass is 490 g/mol. The highest BCUT2D eigenvalue weighted by atomic mass is 32.2. The van der Waals surface area contributed by atoms with Crippen LogP contribution in [0.3, 0.4) is 0 Å². The summed E-state index contributed by atoms with van der Waals surface area (Å²) in [6, 6.07) is 4.10. The van der Waals surface area contributed by atoms with Gasteiger partial charge in [-0.1, -0.05) is 6.07 Å². The molecule has 10 nitrogen and oxygen atoms in total. The molecule has 180 valence electrons. The maximum Gasteiger partial charge on any atom is 0.573 e. The van der Waals surface area contributed by atoms with Gasteiger partial charge in [0.2, 0.25) is 15.9 Å². The first-order valence-electron chi connectivity index (χ1n) is 10.2. The number of morpholine rings is 1. The highest BCUT2D eigenvalue weighted by Gasteiger charge is 2.58. The number of sulfonamides is 1. The Bertz CT molecular complexity index is 1090. The maximum absolute atomic E-state index is 12.8. The van der Waals surface area contributed by atoms with Crippen molar-refractivity contribution in [3.8, 4) is 5.75 Å². The van der Waals surface area contributed by atoms with Crippen LogP contribution in [0.1, 0.15) is 0 Å². The molecule has 3 amide bonds. The number of nitrogens with one attached hydrogen (secondary N) is 1. The third-order valence-corrected chi connectivity index (χ3v) is 8.08. The van der Waals surface area contributed by atoms with E-state index in [1.807, 2.05) is 0 Å². The molecule has 0 aromatic heterocycles. The summed E-state index contributed by atoms with van der Waals surface area (Å²) in [6.45, 7) is 2.23. The number of amides is 3. The average molecular weight is 490 g/mol. The summed E-state index contributed by atoms with van der Waals surface area (Å²) in [5.74, 6) is -0.811. The van der Waals surface area contributed by atoms with Crippen LogP contribution in [0, 0.1) is 5.41 Å². The summed E-state index contributed by atoms with van der Waals surface area (Å²) in [4.78, 5) is 27.1. The van der Waals surface area contributed by atoms with E-state index in [0.29, 0.717) is 32.8 Å². The van der Waals surface area contributed by atoms with E-state index < -0.39 is 27.7 Å². The van der Waals surface area contributed by atoms with Gasteiger partial charge < -0.3 is 24.6 Å². The number of alkyl halides is 3. The Kier molecular flexibility index (Phi) is 4.85. The van der Waals surface area contributed by atoms with E-state index >= 15 is 0 Å². The van der Waals surface area contributed by atoms with Crippen LogP contribution >= 0.6 is 0 Å². The van der Waals surface area contributed by atoms with E-state index in [9.17, 15) is 31.2 Å². The zero-order chi connectivity index (χ0) is 23.6. The number of carbonyl (C=O) groups excluding carboxylic acids is 2. The molecule has 14 heteroatoms. The highest BCUT2D eigenvalue weighted by Crippen LogP contribution is 2.43. The molecule has 4 aliphatic rings. The molecule has 0 saturated carbocycles. The molecule has 4 saturated heterocycles. The van der Waals surface area contributed by atoms with Gasteiger partial charge in [-0.2, -0.15) is 4.31 Å². The van der Waals surface area contributed by atoms with Gasteiger partial charge in [-0.3, -0.25) is 4.79 Å². The fourth-order valence-corrected chi connectivity index (χ4v) is 6.55. The summed E-state index contributed by atoms with van der Waals surface area (Å²) < 4.78 is 73.1. The Morgan fingerprint density at radius 2 is 1.76 bits per heavy atom. The lowest BCUT2D eigenvalue weighted by Crippen LogP contribution is -2.79. The average Bonchev–Trinajstić information content (AvgIpc) is 2.62. The number of ether oxygens (including phenoxy) is 2. The van der Waals surface area contributed by atoms with Gasteiger partial charge in [-0.05, 0) is 12.1 Å². The highest BCUT2D eigenvalue weighted by molar-refractivity contribution is 7.89. The first kappa shape index (κ1) is 22.2. The van der Waals surface area contributed by atoms with Crippen molar-refractivity contribution in [3.05, 3.63) is 24.3 Å². The molecule has 1 aromatic carbocycles. The molecule has 1 aromatic rings. The first-order valence-corrected chi connectivity index (χ1v) is 11.6. The van der Waals surface area contributed by atoms with Crippen molar-refractivity contribution in [3.63, 3.8) is 0 Å². The summed E-state index contributed by atoms with van der Waals surface area (Å²) in [6.07, 6.45) is -4.92. The molecule has 4 aliphatic heterocycles. The van der Waals surface area contributed by atoms with Crippen LogP contribution in [-0.4, -0.2) is 98.8 Å². The van der Waals surface area contributed by atoms with Crippen LogP contribution in [0.2, 0.25) is 0 Å². The van der Waals surface area contributed by atoms with Crippen molar-refractivity contribution in [1.82, 2.24) is 19.4 Å². The van der Waals surface area contributed by atoms with Crippen LogP contribution in [-0.2, 0) is 19.6 Å². The predicted octanol–water partition coefficient (Wildman–Crippen LogP) is 0.212. The van der Waals surface area contributed by atoms with E-state index in [1.165, 1.54) is 16.4 Å². The summed E-state index contributed by atoms with van der Waals surface area (Å²) in [5, 5.41) is 2.86. The van der Waals surface area contributed by atoms with Crippen LogP contribution in [0.4, 0.5) is 18.0 Å². The number of hydrogen-bond donors (Lipinski definition) is 1. The standard InChI is InChI=1S/C19H21F3N4O6S/c20-19(21,22)32-13-2-1-3-14(4-13)33(29,30)26-8-17(9-26)6-24(7-17)16(28)25-10-18(11-25)12-31-5-15(27)23-18/h1-4H,5-12H2,(H,23,27). The number of urea groups is 1. The number of nitrogens with zero attached hydrogens (tertiary/aromatic N) is 3. The lowest BCUT2D eigenvalue weighted by atomic mass is 9.74. The first-order chi connectivity index (χ1) is 15.4. The second kappa shape index (κ2) is 7.21. The molecule has 0 radical (unpaired) electrons. The van der Waals surface area contributed by atoms with E-state index in [4.69, 9.17) is 4.74 Å². The maximum atomic E-state index is 12.8. The number of benzene rings is 1. The Balaban J connectivity index is 1.14. The summed E-state index contributed by atoms with van der Waals surface area (Å²) in [5.41, 5.74) is -0.882. The van der Waals surface area contributed by atoms with Gasteiger partial charge in [-0.15, -0.1) is 13.2 Å². The Morgan fingerprint density at radius 3 is 2.39 bits per heavy atom. The number of rotatable bonds is 3. The SMILES string of the molecule is O=C1COCC2(CN(C(=O)N3CC4(C3)CN(S(=O)(=O)c3cccc(OC(F)(F)F)c3)C4)C2)N1. The van der Waals surface area contributed by atoms with E-state index in [2.05, 4.69) is 10.1 Å². The zero-order valence-electron chi connectivity index (χ0n) is 17.3. The van der Waals surface area contributed by atoms with Gasteiger partial charge in [0, 0.05) is 50.7 Å². The van der Waals surface area contributed by atoms with Crippen LogP contribution in [0.15, 0.2) is 29.2 Å². The molecule has 0 atom stereocenters. The van der Waals surface area contributed by atoms with Crippen molar-refractivity contribution < 1.29 is 40.7 Å². The molecule has 0 unspecified atom stereocenters. The number of likely N-dealkylation sites (tertiary alicyclic amines) is 2.